The van der Waals surface area contributed by atoms with Crippen LogP contribution in [0.1, 0.15) is 57.4 Å². The number of aromatic nitrogens is 2. The molecule has 5 rings (SSSR count). The minimum atomic E-state index is -1.13. The number of ether oxygens (including phenoxy) is 1. The lowest BCUT2D eigenvalue weighted by molar-refractivity contribution is -0.133. The summed E-state index contributed by atoms with van der Waals surface area (Å²) in [6, 6.07) is 13.2. The molecule has 2 N–H and O–H groups in total. The summed E-state index contributed by atoms with van der Waals surface area (Å²) in [5, 5.41) is 5.88. The molecular weight excluding hydrogens is 470 g/mol. The van der Waals surface area contributed by atoms with E-state index in [0.717, 1.165) is 29.5 Å². The van der Waals surface area contributed by atoms with Crippen LogP contribution >= 0.6 is 0 Å². The quantitative estimate of drug-likeness (QED) is 0.516. The first-order valence-electron chi connectivity index (χ1n) is 12.4. The molecule has 9 nitrogen and oxygen atoms in total. The second kappa shape index (κ2) is 9.38. The first-order chi connectivity index (χ1) is 17.7. The topological polar surface area (TPSA) is 106 Å². The van der Waals surface area contributed by atoms with Crippen LogP contribution in [-0.2, 0) is 17.9 Å². The smallest absolute Gasteiger partial charge is 0.276 e. The van der Waals surface area contributed by atoms with Crippen LogP contribution in [0.3, 0.4) is 0 Å². The number of aryl methyl sites for hydroxylation is 2. The lowest BCUT2D eigenvalue weighted by Crippen LogP contribution is -2.64. The Morgan fingerprint density at radius 3 is 2.62 bits per heavy atom. The van der Waals surface area contributed by atoms with Crippen molar-refractivity contribution >= 4 is 23.4 Å². The van der Waals surface area contributed by atoms with Crippen molar-refractivity contribution in [1.29, 1.82) is 0 Å². The summed E-state index contributed by atoms with van der Waals surface area (Å²) in [6.45, 7) is 6.15. The van der Waals surface area contributed by atoms with E-state index in [2.05, 4.69) is 15.6 Å². The van der Waals surface area contributed by atoms with E-state index in [1.165, 1.54) is 6.33 Å². The van der Waals surface area contributed by atoms with Crippen molar-refractivity contribution in [3.8, 4) is 5.75 Å². The highest BCUT2D eigenvalue weighted by atomic mass is 16.5. The van der Waals surface area contributed by atoms with Gasteiger partial charge in [0.1, 0.15) is 17.0 Å². The van der Waals surface area contributed by atoms with Crippen molar-refractivity contribution in [3.05, 3.63) is 76.9 Å². The van der Waals surface area contributed by atoms with E-state index in [1.807, 2.05) is 56.3 Å². The highest BCUT2D eigenvalue weighted by molar-refractivity contribution is 6.12. The second-order valence-corrected chi connectivity index (χ2v) is 10.0. The molecule has 9 heteroatoms. The van der Waals surface area contributed by atoms with Gasteiger partial charge in [-0.25, -0.2) is 4.98 Å². The van der Waals surface area contributed by atoms with E-state index in [-0.39, 0.29) is 42.3 Å². The molecule has 2 aromatic carbocycles. The van der Waals surface area contributed by atoms with Crippen molar-refractivity contribution in [2.75, 3.05) is 12.4 Å². The van der Waals surface area contributed by atoms with Gasteiger partial charge >= 0.3 is 0 Å². The molecule has 1 atom stereocenters. The molecule has 3 aromatic rings. The molecule has 192 valence electrons. The molecule has 0 spiro atoms. The summed E-state index contributed by atoms with van der Waals surface area (Å²) >= 11 is 0. The number of anilines is 1. The molecule has 3 amide bonds. The Morgan fingerprint density at radius 1 is 1.16 bits per heavy atom. The number of imidazole rings is 1. The zero-order chi connectivity index (χ0) is 26.3. The van der Waals surface area contributed by atoms with Gasteiger partial charge in [-0.15, -0.1) is 0 Å². The van der Waals surface area contributed by atoms with Crippen LogP contribution in [-0.4, -0.2) is 50.9 Å². The van der Waals surface area contributed by atoms with E-state index in [0.29, 0.717) is 11.4 Å². The molecule has 37 heavy (non-hydrogen) atoms. The number of benzene rings is 2. The van der Waals surface area contributed by atoms with Gasteiger partial charge in [-0.2, -0.15) is 0 Å². The Balaban J connectivity index is 1.41. The van der Waals surface area contributed by atoms with Crippen LogP contribution < -0.4 is 15.4 Å². The number of nitrogens with one attached hydrogen (secondary N) is 2. The van der Waals surface area contributed by atoms with Gasteiger partial charge in [0, 0.05) is 23.8 Å². The summed E-state index contributed by atoms with van der Waals surface area (Å²) in [5.74, 6) is -0.386. The average Bonchev–Trinajstić information content (AvgIpc) is 3.61. The maximum Gasteiger partial charge on any atom is 0.276 e. The van der Waals surface area contributed by atoms with Crippen molar-refractivity contribution in [2.24, 2.45) is 0 Å². The van der Waals surface area contributed by atoms with Gasteiger partial charge in [0.2, 0.25) is 5.91 Å². The zero-order valence-corrected chi connectivity index (χ0v) is 21.5. The van der Waals surface area contributed by atoms with Crippen molar-refractivity contribution in [2.45, 2.75) is 58.3 Å². The fourth-order valence-electron chi connectivity index (χ4n) is 5.07. The maximum atomic E-state index is 13.8. The first-order valence-corrected chi connectivity index (χ1v) is 12.4. The SMILES string of the molecule is COc1ccccc1CNC(=O)[C@@]1(C)Cn2cnc(C(=O)Nc3ccc(C)cc3C)c2C(=O)N1C1CC1. The van der Waals surface area contributed by atoms with E-state index in [1.54, 1.807) is 23.5 Å². The molecule has 0 radical (unpaired) electrons. The zero-order valence-electron chi connectivity index (χ0n) is 21.5. The summed E-state index contributed by atoms with van der Waals surface area (Å²) < 4.78 is 7.02. The number of nitrogens with zero attached hydrogens (tertiary/aromatic N) is 3. The van der Waals surface area contributed by atoms with E-state index >= 15 is 0 Å². The maximum absolute atomic E-state index is 13.8. The minimum Gasteiger partial charge on any atom is -0.496 e. The van der Waals surface area contributed by atoms with Crippen molar-refractivity contribution in [3.63, 3.8) is 0 Å². The predicted molar refractivity (Wildman–Crippen MR) is 139 cm³/mol. The first kappa shape index (κ1) is 24.5. The van der Waals surface area contributed by atoms with Crippen molar-refractivity contribution in [1.82, 2.24) is 19.8 Å². The van der Waals surface area contributed by atoms with Gasteiger partial charge in [0.15, 0.2) is 5.69 Å². The highest BCUT2D eigenvalue weighted by Gasteiger charge is 2.53. The number of carbonyl (C=O) groups excluding carboxylic acids is 3. The Bertz CT molecular complexity index is 1390. The Hall–Kier alpha value is -4.14. The second-order valence-electron chi connectivity index (χ2n) is 10.0. The Kier molecular flexibility index (Phi) is 6.23. The fraction of sp³-hybridized carbons (Fsp3) is 0.357. The molecule has 1 fully saturated rings. The fourth-order valence-corrected chi connectivity index (χ4v) is 5.07. The number of hydrogen-bond donors (Lipinski definition) is 2. The third-order valence-electron chi connectivity index (χ3n) is 7.15. The lowest BCUT2D eigenvalue weighted by atomic mass is 9.93. The predicted octanol–water partition coefficient (Wildman–Crippen LogP) is 3.45. The normalized spacial score (nSPS) is 18.8. The number of para-hydroxylation sites is 1. The largest absolute Gasteiger partial charge is 0.496 e. The van der Waals surface area contributed by atoms with Gasteiger partial charge in [0.05, 0.1) is 20.0 Å². The van der Waals surface area contributed by atoms with Gasteiger partial charge in [-0.05, 0) is 51.3 Å². The van der Waals surface area contributed by atoms with Crippen LogP contribution in [0, 0.1) is 13.8 Å². The lowest BCUT2D eigenvalue weighted by Gasteiger charge is -2.44. The minimum absolute atomic E-state index is 0.0478. The number of fused-ring (bicyclic) bond motifs is 1. The van der Waals surface area contributed by atoms with E-state index in [9.17, 15) is 14.4 Å². The van der Waals surface area contributed by atoms with Gasteiger partial charge in [-0.1, -0.05) is 35.9 Å². The monoisotopic (exact) mass is 501 g/mol. The van der Waals surface area contributed by atoms with E-state index < -0.39 is 11.4 Å². The van der Waals surface area contributed by atoms with Gasteiger partial charge < -0.3 is 24.8 Å². The van der Waals surface area contributed by atoms with Crippen molar-refractivity contribution < 1.29 is 19.1 Å². The number of hydrogen-bond acceptors (Lipinski definition) is 5. The number of methoxy groups -OCH3 is 1. The molecule has 1 saturated carbocycles. The number of rotatable bonds is 7. The molecule has 0 bridgehead atoms. The number of carbonyl (C=O) groups is 3. The Morgan fingerprint density at radius 2 is 1.92 bits per heavy atom. The summed E-state index contributed by atoms with van der Waals surface area (Å²) in [6.07, 6.45) is 3.11. The number of amides is 3. The standard InChI is InChI=1S/C28H31N5O4/c1-17-9-12-21(18(2)13-17)31-25(34)23-24-26(35)33(20-10-11-20)28(3,15-32(24)16-30-23)27(36)29-14-19-7-5-6-8-22(19)37-4/h5-9,12-13,16,20H,10-11,14-15H2,1-4H3,(H,29,36)(H,31,34)/t28-/m1/s1. The van der Waals surface area contributed by atoms with Gasteiger partial charge in [0.25, 0.3) is 11.8 Å². The van der Waals surface area contributed by atoms with Crippen LogP contribution in [0.25, 0.3) is 0 Å². The average molecular weight is 502 g/mol. The van der Waals surface area contributed by atoms with Crippen LogP contribution in [0.5, 0.6) is 5.75 Å². The molecule has 1 aliphatic carbocycles. The molecule has 2 heterocycles. The van der Waals surface area contributed by atoms with Crippen LogP contribution in [0.2, 0.25) is 0 Å². The molecule has 0 saturated heterocycles. The third kappa shape index (κ3) is 4.45. The van der Waals surface area contributed by atoms with Crippen LogP contribution in [0.4, 0.5) is 5.69 Å². The highest BCUT2D eigenvalue weighted by Crippen LogP contribution is 2.39. The third-order valence-corrected chi connectivity index (χ3v) is 7.15. The summed E-state index contributed by atoms with van der Waals surface area (Å²) in [5.41, 5.74) is 2.67. The molecule has 1 aliphatic heterocycles. The summed E-state index contributed by atoms with van der Waals surface area (Å²) in [7, 11) is 1.59. The molecule has 0 unspecified atom stereocenters. The Labute approximate surface area is 215 Å². The van der Waals surface area contributed by atoms with Gasteiger partial charge in [-0.3, -0.25) is 14.4 Å². The molecular formula is C28H31N5O4. The summed E-state index contributed by atoms with van der Waals surface area (Å²) in [4.78, 5) is 46.5. The molecule has 2 aliphatic rings. The molecule has 1 aromatic heterocycles. The van der Waals surface area contributed by atoms with E-state index in [4.69, 9.17) is 4.74 Å². The van der Waals surface area contributed by atoms with Crippen LogP contribution in [0.15, 0.2) is 48.8 Å².